The van der Waals surface area contributed by atoms with Crippen LogP contribution >= 0.6 is 0 Å². The third-order valence-electron chi connectivity index (χ3n) is 12.6. The molecule has 0 saturated heterocycles. The van der Waals surface area contributed by atoms with E-state index in [0.717, 1.165) is 57.8 Å². The highest BCUT2D eigenvalue weighted by Crippen LogP contribution is 2.69. The number of carbonyl (C=O) groups excluding carboxylic acids is 3. The Balaban J connectivity index is 0.917. The Labute approximate surface area is 220 Å². The summed E-state index contributed by atoms with van der Waals surface area (Å²) < 4.78 is 17.7. The molecular weight excluding hydrogens is 468 g/mol. The standard InChI is InChI=1S/C31H44O6/c1-4-30(2,3)29(34)37-24-11-19-10-23(24)26-18-8-21(25(19)26)22(9-18)28(33)36-15-35-14-31-12-16-5-17(13-31)7-20(6-16)27(31)32/h16-26H,4-15H2,1-3H3. The quantitative estimate of drug-likeness (QED) is 0.193. The second-order valence-corrected chi connectivity index (χ2v) is 14.9. The van der Waals surface area contributed by atoms with E-state index < -0.39 is 5.41 Å². The fourth-order valence-electron chi connectivity index (χ4n) is 11.0. The third kappa shape index (κ3) is 3.70. The number of hydrogen-bond acceptors (Lipinski definition) is 6. The molecule has 8 aliphatic carbocycles. The van der Waals surface area contributed by atoms with Crippen LogP contribution in [0.2, 0.25) is 0 Å². The van der Waals surface area contributed by atoms with Gasteiger partial charge < -0.3 is 14.2 Å². The molecule has 0 radical (unpaired) electrons. The van der Waals surface area contributed by atoms with E-state index in [9.17, 15) is 14.4 Å². The first kappa shape index (κ1) is 24.6. The van der Waals surface area contributed by atoms with Crippen molar-refractivity contribution < 1.29 is 28.6 Å². The van der Waals surface area contributed by atoms with Crippen LogP contribution in [0.25, 0.3) is 0 Å². The molecule has 8 saturated carbocycles. The summed E-state index contributed by atoms with van der Waals surface area (Å²) in [4.78, 5) is 38.9. The van der Waals surface area contributed by atoms with Gasteiger partial charge in [-0.05, 0) is 125 Å². The fraction of sp³-hybridized carbons (Fsp3) is 0.903. The minimum absolute atomic E-state index is 0.0181. The first-order valence-corrected chi connectivity index (χ1v) is 15.2. The van der Waals surface area contributed by atoms with Crippen molar-refractivity contribution in [2.45, 2.75) is 91.1 Å². The van der Waals surface area contributed by atoms with Crippen LogP contribution in [0.4, 0.5) is 0 Å². The largest absolute Gasteiger partial charge is 0.462 e. The smallest absolute Gasteiger partial charge is 0.311 e. The van der Waals surface area contributed by atoms with Crippen molar-refractivity contribution in [3.63, 3.8) is 0 Å². The van der Waals surface area contributed by atoms with Gasteiger partial charge in [-0.15, -0.1) is 0 Å². The second-order valence-electron chi connectivity index (χ2n) is 14.9. The van der Waals surface area contributed by atoms with Gasteiger partial charge in [-0.1, -0.05) is 6.92 Å². The lowest BCUT2D eigenvalue weighted by molar-refractivity contribution is -0.177. The molecule has 8 bridgehead atoms. The van der Waals surface area contributed by atoms with Gasteiger partial charge >= 0.3 is 11.9 Å². The van der Waals surface area contributed by atoms with Crippen molar-refractivity contribution in [3.05, 3.63) is 0 Å². The summed E-state index contributed by atoms with van der Waals surface area (Å²) in [5.74, 6) is 5.07. The van der Waals surface area contributed by atoms with Crippen LogP contribution in [0.5, 0.6) is 0 Å². The van der Waals surface area contributed by atoms with Crippen LogP contribution in [0.15, 0.2) is 0 Å². The van der Waals surface area contributed by atoms with Gasteiger partial charge in [0, 0.05) is 5.92 Å². The van der Waals surface area contributed by atoms with Crippen LogP contribution in [0.3, 0.4) is 0 Å². The monoisotopic (exact) mass is 512 g/mol. The average molecular weight is 513 g/mol. The molecule has 204 valence electrons. The van der Waals surface area contributed by atoms with Crippen molar-refractivity contribution in [1.82, 2.24) is 0 Å². The van der Waals surface area contributed by atoms with Crippen molar-refractivity contribution in [3.8, 4) is 0 Å². The highest BCUT2D eigenvalue weighted by molar-refractivity contribution is 5.89. The molecule has 0 aromatic heterocycles. The Bertz CT molecular complexity index is 972. The van der Waals surface area contributed by atoms with Gasteiger partial charge in [0.15, 0.2) is 6.79 Å². The maximum Gasteiger partial charge on any atom is 0.311 e. The number of fused-ring (bicyclic) bond motifs is 9. The Morgan fingerprint density at radius 1 is 0.919 bits per heavy atom. The molecule has 0 aliphatic heterocycles. The van der Waals surface area contributed by atoms with E-state index >= 15 is 0 Å². The van der Waals surface area contributed by atoms with Crippen LogP contribution < -0.4 is 0 Å². The number of carbonyl (C=O) groups is 3. The Hall–Kier alpha value is -1.43. The molecule has 6 heteroatoms. The third-order valence-corrected chi connectivity index (χ3v) is 12.6. The lowest BCUT2D eigenvalue weighted by Crippen LogP contribution is -2.55. The first-order valence-electron chi connectivity index (χ1n) is 15.2. The minimum atomic E-state index is -0.421. The molecule has 6 nitrogen and oxygen atoms in total. The van der Waals surface area contributed by atoms with Gasteiger partial charge in [-0.3, -0.25) is 14.4 Å². The molecule has 0 aromatic carbocycles. The predicted molar refractivity (Wildman–Crippen MR) is 135 cm³/mol. The molecule has 37 heavy (non-hydrogen) atoms. The molecule has 0 amide bonds. The zero-order valence-electron chi connectivity index (χ0n) is 22.8. The van der Waals surface area contributed by atoms with Crippen LogP contribution in [0.1, 0.15) is 85.0 Å². The summed E-state index contributed by atoms with van der Waals surface area (Å²) >= 11 is 0. The Morgan fingerprint density at radius 3 is 2.32 bits per heavy atom. The van der Waals surface area contributed by atoms with E-state index in [0.29, 0.717) is 59.7 Å². The maximum atomic E-state index is 13.1. The normalized spacial score (nSPS) is 48.5. The Kier molecular flexibility index (Phi) is 5.67. The predicted octanol–water partition coefficient (Wildman–Crippen LogP) is 5.18. The van der Waals surface area contributed by atoms with Crippen molar-refractivity contribution in [2.24, 2.45) is 70.0 Å². The molecule has 0 N–H and O–H groups in total. The summed E-state index contributed by atoms with van der Waals surface area (Å²) in [5, 5.41) is 0. The summed E-state index contributed by atoms with van der Waals surface area (Å²) in [6, 6.07) is 0. The first-order chi connectivity index (χ1) is 17.7. The summed E-state index contributed by atoms with van der Waals surface area (Å²) in [6.45, 7) is 6.39. The number of rotatable bonds is 8. The minimum Gasteiger partial charge on any atom is -0.462 e. The van der Waals surface area contributed by atoms with E-state index in [1.165, 1.54) is 6.42 Å². The lowest BCUT2D eigenvalue weighted by atomic mass is 9.49. The molecule has 0 heterocycles. The van der Waals surface area contributed by atoms with E-state index in [1.807, 2.05) is 20.8 Å². The fourth-order valence-corrected chi connectivity index (χ4v) is 11.0. The van der Waals surface area contributed by atoms with Gasteiger partial charge in [-0.2, -0.15) is 0 Å². The number of ether oxygens (including phenoxy) is 3. The second kappa shape index (κ2) is 8.53. The molecule has 8 fully saturated rings. The molecule has 8 aliphatic rings. The highest BCUT2D eigenvalue weighted by Gasteiger charge is 2.66. The van der Waals surface area contributed by atoms with Crippen LogP contribution in [-0.4, -0.2) is 37.2 Å². The molecule has 0 aromatic rings. The SMILES string of the molecule is CCC(C)(C)C(=O)OC1CC2CC1C1C3CC(C(=O)OCOCC45CC6CC(CC(C6)C4=O)C5)C(C3)C21. The number of esters is 2. The van der Waals surface area contributed by atoms with Crippen molar-refractivity contribution in [2.75, 3.05) is 13.4 Å². The summed E-state index contributed by atoms with van der Waals surface area (Å²) in [7, 11) is 0. The summed E-state index contributed by atoms with van der Waals surface area (Å²) in [6.07, 6.45) is 10.4. The molecule has 10 unspecified atom stereocenters. The van der Waals surface area contributed by atoms with Gasteiger partial charge in [0.05, 0.1) is 23.4 Å². The number of hydrogen-bond donors (Lipinski definition) is 0. The van der Waals surface area contributed by atoms with Crippen molar-refractivity contribution in [1.29, 1.82) is 0 Å². The molecule has 8 rings (SSSR count). The van der Waals surface area contributed by atoms with Crippen LogP contribution in [0, 0.1) is 70.0 Å². The highest BCUT2D eigenvalue weighted by atomic mass is 16.7. The Morgan fingerprint density at radius 2 is 1.59 bits per heavy atom. The molecular formula is C31H44O6. The van der Waals surface area contributed by atoms with Crippen LogP contribution in [-0.2, 0) is 28.6 Å². The van der Waals surface area contributed by atoms with Gasteiger partial charge in [0.2, 0.25) is 0 Å². The van der Waals surface area contributed by atoms with E-state index in [4.69, 9.17) is 14.2 Å². The lowest BCUT2D eigenvalue weighted by Gasteiger charge is -2.55. The van der Waals surface area contributed by atoms with Gasteiger partial charge in [0.25, 0.3) is 0 Å². The molecule has 0 spiro atoms. The zero-order valence-corrected chi connectivity index (χ0v) is 22.8. The number of ketones is 1. The topological polar surface area (TPSA) is 78.9 Å². The van der Waals surface area contributed by atoms with E-state index in [-0.39, 0.29) is 42.1 Å². The average Bonchev–Trinajstić information content (AvgIpc) is 3.64. The van der Waals surface area contributed by atoms with E-state index in [2.05, 4.69) is 0 Å². The zero-order chi connectivity index (χ0) is 25.7. The molecule has 10 atom stereocenters. The number of Topliss-reactive ketones (excluding diaryl/α,β-unsaturated/α-hetero) is 1. The van der Waals surface area contributed by atoms with Gasteiger partial charge in [0.1, 0.15) is 11.9 Å². The van der Waals surface area contributed by atoms with Crippen molar-refractivity contribution >= 4 is 17.7 Å². The van der Waals surface area contributed by atoms with Gasteiger partial charge in [-0.25, -0.2) is 0 Å². The maximum absolute atomic E-state index is 13.1. The summed E-state index contributed by atoms with van der Waals surface area (Å²) in [5.41, 5.74) is -0.730. The van der Waals surface area contributed by atoms with E-state index in [1.54, 1.807) is 0 Å².